The monoisotopic (exact) mass is 249 g/mol. The molecule has 0 atom stereocenters. The summed E-state index contributed by atoms with van der Waals surface area (Å²) in [6.07, 6.45) is 0. The van der Waals surface area contributed by atoms with E-state index in [9.17, 15) is 0 Å². The van der Waals surface area contributed by atoms with E-state index in [2.05, 4.69) is 9.97 Å². The second-order valence-electron chi connectivity index (χ2n) is 3.64. The van der Waals surface area contributed by atoms with Gasteiger partial charge in [-0.15, -0.1) is 0 Å². The summed E-state index contributed by atoms with van der Waals surface area (Å²) in [5.74, 6) is 2.14. The van der Waals surface area contributed by atoms with E-state index in [-0.39, 0.29) is 0 Å². The van der Waals surface area contributed by atoms with Crippen molar-refractivity contribution in [1.29, 1.82) is 0 Å². The Balaban J connectivity index is 2.32. The fraction of sp³-hybridized carbons (Fsp3) is 0.167. The van der Waals surface area contributed by atoms with E-state index in [1.807, 2.05) is 6.92 Å². The van der Waals surface area contributed by atoms with Crippen molar-refractivity contribution in [2.45, 2.75) is 13.8 Å². The van der Waals surface area contributed by atoms with E-state index in [0.717, 1.165) is 5.56 Å². The van der Waals surface area contributed by atoms with Gasteiger partial charge in [0, 0.05) is 5.02 Å². The number of anilines is 1. The zero-order valence-corrected chi connectivity index (χ0v) is 10.3. The van der Waals surface area contributed by atoms with Gasteiger partial charge in [-0.3, -0.25) is 0 Å². The number of benzene rings is 1. The van der Waals surface area contributed by atoms with Crippen LogP contribution < -0.4 is 10.5 Å². The van der Waals surface area contributed by atoms with Gasteiger partial charge in [-0.2, -0.15) is 4.98 Å². The van der Waals surface area contributed by atoms with Crippen molar-refractivity contribution in [2.24, 2.45) is 0 Å². The molecule has 0 saturated heterocycles. The van der Waals surface area contributed by atoms with Gasteiger partial charge in [-0.05, 0) is 38.1 Å². The summed E-state index contributed by atoms with van der Waals surface area (Å²) in [4.78, 5) is 8.26. The zero-order chi connectivity index (χ0) is 12.4. The van der Waals surface area contributed by atoms with Crippen molar-refractivity contribution in [2.75, 3.05) is 5.73 Å². The second-order valence-corrected chi connectivity index (χ2v) is 4.08. The third-order valence-corrected chi connectivity index (χ3v) is 2.53. The Morgan fingerprint density at radius 2 is 1.76 bits per heavy atom. The zero-order valence-electron chi connectivity index (χ0n) is 9.57. The van der Waals surface area contributed by atoms with Crippen LogP contribution in [0.5, 0.6) is 11.6 Å². The van der Waals surface area contributed by atoms with Crippen LogP contribution in [0.15, 0.2) is 24.3 Å². The average Bonchev–Trinajstić information content (AvgIpc) is 2.28. The van der Waals surface area contributed by atoms with Crippen LogP contribution in [0, 0.1) is 13.8 Å². The largest absolute Gasteiger partial charge is 0.439 e. The number of aromatic nitrogens is 2. The molecular weight excluding hydrogens is 238 g/mol. The van der Waals surface area contributed by atoms with Crippen LogP contribution in [0.4, 0.5) is 5.82 Å². The van der Waals surface area contributed by atoms with Crippen molar-refractivity contribution in [3.63, 3.8) is 0 Å². The summed E-state index contributed by atoms with van der Waals surface area (Å²) < 4.78 is 5.64. The molecule has 2 N–H and O–H groups in total. The lowest BCUT2D eigenvalue weighted by Gasteiger charge is -2.09. The lowest BCUT2D eigenvalue weighted by Crippen LogP contribution is -2.02. The van der Waals surface area contributed by atoms with Crippen molar-refractivity contribution >= 4 is 17.4 Å². The molecule has 0 fully saturated rings. The molecule has 1 aromatic carbocycles. The first-order valence-corrected chi connectivity index (χ1v) is 5.48. The molecule has 4 nitrogen and oxygen atoms in total. The first kappa shape index (κ1) is 11.7. The maximum Gasteiger partial charge on any atom is 0.227 e. The predicted molar refractivity (Wildman–Crippen MR) is 67.4 cm³/mol. The third kappa shape index (κ3) is 2.65. The van der Waals surface area contributed by atoms with Crippen molar-refractivity contribution in [3.8, 4) is 11.6 Å². The van der Waals surface area contributed by atoms with Gasteiger partial charge in [0.05, 0.1) is 5.56 Å². The molecule has 0 amide bonds. The number of rotatable bonds is 2. The molecule has 0 aliphatic carbocycles. The van der Waals surface area contributed by atoms with Crippen LogP contribution in [0.3, 0.4) is 0 Å². The Labute approximate surface area is 104 Å². The standard InChI is InChI=1S/C12H12ClN3O/c1-7-11(14)15-8(2)16-12(7)17-10-5-3-9(13)4-6-10/h3-6H,1-2H3,(H2,14,15,16). The summed E-state index contributed by atoms with van der Waals surface area (Å²) in [6.45, 7) is 3.59. The molecule has 0 aliphatic heterocycles. The van der Waals surface area contributed by atoms with Gasteiger partial charge in [-0.25, -0.2) is 4.98 Å². The highest BCUT2D eigenvalue weighted by Gasteiger charge is 2.08. The van der Waals surface area contributed by atoms with Crippen LogP contribution in [-0.4, -0.2) is 9.97 Å². The topological polar surface area (TPSA) is 61.0 Å². The van der Waals surface area contributed by atoms with Gasteiger partial charge in [-0.1, -0.05) is 11.6 Å². The minimum atomic E-state index is 0.432. The van der Waals surface area contributed by atoms with Crippen LogP contribution in [-0.2, 0) is 0 Å². The molecule has 5 heteroatoms. The fourth-order valence-corrected chi connectivity index (χ4v) is 1.46. The summed E-state index contributed by atoms with van der Waals surface area (Å²) in [7, 11) is 0. The Kier molecular flexibility index (Phi) is 3.15. The van der Waals surface area contributed by atoms with E-state index in [1.165, 1.54) is 0 Å². The molecule has 0 bridgehead atoms. The summed E-state index contributed by atoms with van der Waals surface area (Å²) in [5, 5.41) is 0.660. The molecule has 88 valence electrons. The number of hydrogen-bond donors (Lipinski definition) is 1. The molecule has 2 rings (SSSR count). The van der Waals surface area contributed by atoms with Gasteiger partial charge in [0.2, 0.25) is 5.88 Å². The first-order valence-electron chi connectivity index (χ1n) is 5.10. The summed E-state index contributed by atoms with van der Waals surface area (Å²) in [6, 6.07) is 7.05. The molecule has 1 heterocycles. The summed E-state index contributed by atoms with van der Waals surface area (Å²) in [5.41, 5.74) is 6.47. The number of nitrogens with zero attached hydrogens (tertiary/aromatic N) is 2. The van der Waals surface area contributed by atoms with E-state index >= 15 is 0 Å². The van der Waals surface area contributed by atoms with E-state index in [0.29, 0.717) is 28.3 Å². The van der Waals surface area contributed by atoms with E-state index in [4.69, 9.17) is 22.1 Å². The third-order valence-electron chi connectivity index (χ3n) is 2.28. The maximum absolute atomic E-state index is 5.80. The molecule has 0 unspecified atom stereocenters. The van der Waals surface area contributed by atoms with Crippen molar-refractivity contribution < 1.29 is 4.74 Å². The van der Waals surface area contributed by atoms with Gasteiger partial charge in [0.1, 0.15) is 17.4 Å². The first-order chi connectivity index (χ1) is 8.06. The number of ether oxygens (including phenoxy) is 1. The fourth-order valence-electron chi connectivity index (χ4n) is 1.34. The SMILES string of the molecule is Cc1nc(N)c(C)c(Oc2ccc(Cl)cc2)n1. The smallest absolute Gasteiger partial charge is 0.227 e. The van der Waals surface area contributed by atoms with Gasteiger partial charge < -0.3 is 10.5 Å². The molecule has 17 heavy (non-hydrogen) atoms. The highest BCUT2D eigenvalue weighted by atomic mass is 35.5. The van der Waals surface area contributed by atoms with Crippen molar-refractivity contribution in [3.05, 3.63) is 40.7 Å². The number of aryl methyl sites for hydroxylation is 1. The lowest BCUT2D eigenvalue weighted by atomic mass is 10.3. The predicted octanol–water partition coefficient (Wildman–Crippen LogP) is 3.12. The quantitative estimate of drug-likeness (QED) is 0.888. The van der Waals surface area contributed by atoms with Gasteiger partial charge in [0.15, 0.2) is 0 Å². The highest BCUT2D eigenvalue weighted by molar-refractivity contribution is 6.30. The minimum Gasteiger partial charge on any atom is -0.439 e. The van der Waals surface area contributed by atoms with Gasteiger partial charge in [0.25, 0.3) is 0 Å². The van der Waals surface area contributed by atoms with E-state index < -0.39 is 0 Å². The normalized spacial score (nSPS) is 10.3. The second kappa shape index (κ2) is 4.59. The molecule has 0 radical (unpaired) electrons. The summed E-state index contributed by atoms with van der Waals surface area (Å²) >= 11 is 5.80. The average molecular weight is 250 g/mol. The van der Waals surface area contributed by atoms with Crippen molar-refractivity contribution in [1.82, 2.24) is 9.97 Å². The number of halogens is 1. The lowest BCUT2D eigenvalue weighted by molar-refractivity contribution is 0.456. The molecule has 0 spiro atoms. The highest BCUT2D eigenvalue weighted by Crippen LogP contribution is 2.26. The maximum atomic E-state index is 5.80. The Hall–Kier alpha value is -1.81. The Bertz CT molecular complexity index is 540. The number of hydrogen-bond acceptors (Lipinski definition) is 4. The Morgan fingerprint density at radius 3 is 2.41 bits per heavy atom. The molecule has 1 aromatic heterocycles. The number of nitrogens with two attached hydrogens (primary N) is 1. The number of nitrogen functional groups attached to an aromatic ring is 1. The van der Waals surface area contributed by atoms with Gasteiger partial charge >= 0.3 is 0 Å². The molecule has 0 aliphatic rings. The minimum absolute atomic E-state index is 0.432. The van der Waals surface area contributed by atoms with Crippen LogP contribution >= 0.6 is 11.6 Å². The molecule has 0 saturated carbocycles. The van der Waals surface area contributed by atoms with Crippen LogP contribution in [0.25, 0.3) is 0 Å². The van der Waals surface area contributed by atoms with E-state index in [1.54, 1.807) is 31.2 Å². The molecule has 2 aromatic rings. The Morgan fingerprint density at radius 1 is 1.12 bits per heavy atom. The van der Waals surface area contributed by atoms with Crippen LogP contribution in [0.2, 0.25) is 5.02 Å². The molecular formula is C12H12ClN3O. The van der Waals surface area contributed by atoms with Crippen LogP contribution in [0.1, 0.15) is 11.4 Å².